The predicted molar refractivity (Wildman–Crippen MR) is 99.8 cm³/mol. The Kier molecular flexibility index (Phi) is 4.93. The first-order valence-electron chi connectivity index (χ1n) is 8.96. The molecule has 1 aromatic heterocycles. The highest BCUT2D eigenvalue weighted by Gasteiger charge is 2.46. The van der Waals surface area contributed by atoms with Gasteiger partial charge in [-0.1, -0.05) is 30.3 Å². The molecule has 0 unspecified atom stereocenters. The molecular weight excluding hydrogens is 364 g/mol. The van der Waals surface area contributed by atoms with Crippen LogP contribution in [0.4, 0.5) is 5.69 Å². The zero-order valence-corrected chi connectivity index (χ0v) is 15.7. The number of nitro groups is 1. The molecule has 0 atom stereocenters. The molecule has 1 aliphatic rings. The quantitative estimate of drug-likeness (QED) is 0.621. The Morgan fingerprint density at radius 2 is 1.82 bits per heavy atom. The molecule has 0 bridgehead atoms. The van der Waals surface area contributed by atoms with E-state index in [9.17, 15) is 24.8 Å². The fourth-order valence-corrected chi connectivity index (χ4v) is 3.67. The van der Waals surface area contributed by atoms with Crippen molar-refractivity contribution < 1.29 is 19.6 Å². The summed E-state index contributed by atoms with van der Waals surface area (Å²) >= 11 is 0. The Labute approximate surface area is 161 Å². The summed E-state index contributed by atoms with van der Waals surface area (Å²) in [4.78, 5) is 37.1. The average molecular weight is 386 g/mol. The SMILES string of the molecule is CC(C)(C(=O)N1CCC(C(=O)O)(c2ccccc2)CC1)n1cc([N+](=O)[O-])cn1. The van der Waals surface area contributed by atoms with E-state index in [-0.39, 0.29) is 24.7 Å². The summed E-state index contributed by atoms with van der Waals surface area (Å²) in [5.41, 5.74) is -1.60. The van der Waals surface area contributed by atoms with Gasteiger partial charge in [-0.25, -0.2) is 0 Å². The maximum Gasteiger partial charge on any atom is 0.314 e. The van der Waals surface area contributed by atoms with E-state index in [2.05, 4.69) is 5.10 Å². The standard InChI is InChI=1S/C19H22N4O5/c1-18(2,22-13-15(12-20-22)23(27)28)16(24)21-10-8-19(9-11-21,17(25)26)14-6-4-3-5-7-14/h3-7,12-13H,8-11H2,1-2H3,(H,25,26). The Morgan fingerprint density at radius 3 is 2.32 bits per heavy atom. The number of carbonyl (C=O) groups excluding carboxylic acids is 1. The van der Waals surface area contributed by atoms with Gasteiger partial charge in [0.2, 0.25) is 5.91 Å². The summed E-state index contributed by atoms with van der Waals surface area (Å²) in [6, 6.07) is 9.07. The number of aromatic nitrogens is 2. The molecule has 2 aromatic rings. The number of nitrogens with zero attached hydrogens (tertiary/aromatic N) is 4. The lowest BCUT2D eigenvalue weighted by Crippen LogP contribution is -2.54. The first kappa shape index (κ1) is 19.5. The molecule has 1 amide bonds. The fraction of sp³-hybridized carbons (Fsp3) is 0.421. The number of aliphatic carboxylic acids is 1. The van der Waals surface area contributed by atoms with Crippen molar-refractivity contribution >= 4 is 17.6 Å². The number of hydrogen-bond donors (Lipinski definition) is 1. The number of piperidine rings is 1. The van der Waals surface area contributed by atoms with Crippen molar-refractivity contribution in [3.8, 4) is 0 Å². The molecule has 1 fully saturated rings. The molecule has 0 radical (unpaired) electrons. The molecule has 1 aromatic carbocycles. The summed E-state index contributed by atoms with van der Waals surface area (Å²) in [5, 5.41) is 24.7. The molecular formula is C19H22N4O5. The molecule has 148 valence electrons. The third kappa shape index (κ3) is 3.23. The molecule has 1 aliphatic heterocycles. The number of carbonyl (C=O) groups is 2. The molecule has 9 nitrogen and oxygen atoms in total. The number of hydrogen-bond acceptors (Lipinski definition) is 5. The van der Waals surface area contributed by atoms with Crippen molar-refractivity contribution in [1.82, 2.24) is 14.7 Å². The van der Waals surface area contributed by atoms with Gasteiger partial charge in [-0.3, -0.25) is 24.4 Å². The lowest BCUT2D eigenvalue weighted by atomic mass is 9.72. The van der Waals surface area contributed by atoms with Gasteiger partial charge in [-0.05, 0) is 32.3 Å². The van der Waals surface area contributed by atoms with E-state index in [0.717, 1.165) is 11.8 Å². The van der Waals surface area contributed by atoms with Gasteiger partial charge < -0.3 is 10.0 Å². The van der Waals surface area contributed by atoms with E-state index < -0.39 is 21.8 Å². The molecule has 0 aliphatic carbocycles. The number of carboxylic acid groups (broad SMARTS) is 1. The van der Waals surface area contributed by atoms with Crippen LogP contribution >= 0.6 is 0 Å². The molecule has 2 heterocycles. The lowest BCUT2D eigenvalue weighted by Gasteiger charge is -2.41. The maximum absolute atomic E-state index is 13.1. The van der Waals surface area contributed by atoms with Gasteiger partial charge in [0, 0.05) is 13.1 Å². The Bertz CT molecular complexity index is 898. The van der Waals surface area contributed by atoms with Gasteiger partial charge in [-0.15, -0.1) is 0 Å². The summed E-state index contributed by atoms with van der Waals surface area (Å²) < 4.78 is 1.28. The summed E-state index contributed by atoms with van der Waals surface area (Å²) in [5.74, 6) is -1.15. The van der Waals surface area contributed by atoms with Crippen molar-refractivity contribution in [1.29, 1.82) is 0 Å². The number of amides is 1. The highest BCUT2D eigenvalue weighted by Crippen LogP contribution is 2.37. The monoisotopic (exact) mass is 386 g/mol. The third-order valence-corrected chi connectivity index (χ3v) is 5.52. The fourth-order valence-electron chi connectivity index (χ4n) is 3.67. The highest BCUT2D eigenvalue weighted by molar-refractivity contribution is 5.85. The minimum absolute atomic E-state index is 0.187. The number of likely N-dealkylation sites (tertiary alicyclic amines) is 1. The van der Waals surface area contributed by atoms with Crippen molar-refractivity contribution in [2.24, 2.45) is 0 Å². The molecule has 0 saturated carbocycles. The Morgan fingerprint density at radius 1 is 1.21 bits per heavy atom. The van der Waals surface area contributed by atoms with Crippen LogP contribution in [-0.4, -0.2) is 49.7 Å². The topological polar surface area (TPSA) is 119 Å². The van der Waals surface area contributed by atoms with Crippen molar-refractivity contribution in [2.45, 2.75) is 37.6 Å². The largest absolute Gasteiger partial charge is 0.481 e. The van der Waals surface area contributed by atoms with E-state index in [4.69, 9.17) is 0 Å². The summed E-state index contributed by atoms with van der Waals surface area (Å²) in [7, 11) is 0. The van der Waals surface area contributed by atoms with E-state index in [1.165, 1.54) is 10.9 Å². The minimum atomic E-state index is -1.12. The lowest BCUT2D eigenvalue weighted by molar-refractivity contribution is -0.385. The number of carboxylic acids is 1. The van der Waals surface area contributed by atoms with Crippen molar-refractivity contribution in [3.05, 3.63) is 58.4 Å². The second kappa shape index (κ2) is 7.06. The van der Waals surface area contributed by atoms with Crippen LogP contribution in [0.1, 0.15) is 32.3 Å². The van der Waals surface area contributed by atoms with E-state index in [0.29, 0.717) is 12.8 Å². The predicted octanol–water partition coefficient (Wildman–Crippen LogP) is 2.17. The first-order chi connectivity index (χ1) is 13.2. The molecule has 9 heteroatoms. The molecule has 1 N–H and O–H groups in total. The van der Waals surface area contributed by atoms with Crippen molar-refractivity contribution in [3.63, 3.8) is 0 Å². The van der Waals surface area contributed by atoms with Gasteiger partial charge in [0.15, 0.2) is 0 Å². The second-order valence-electron chi connectivity index (χ2n) is 7.50. The van der Waals surface area contributed by atoms with Gasteiger partial charge in [0.25, 0.3) is 0 Å². The summed E-state index contributed by atoms with van der Waals surface area (Å²) in [6.45, 7) is 3.85. The molecule has 28 heavy (non-hydrogen) atoms. The zero-order chi connectivity index (χ0) is 20.5. The van der Waals surface area contributed by atoms with Crippen LogP contribution in [-0.2, 0) is 20.5 Å². The van der Waals surface area contributed by atoms with E-state index in [1.54, 1.807) is 30.9 Å². The van der Waals surface area contributed by atoms with Crippen LogP contribution in [0.2, 0.25) is 0 Å². The van der Waals surface area contributed by atoms with Crippen LogP contribution in [0.25, 0.3) is 0 Å². The van der Waals surface area contributed by atoms with Gasteiger partial charge in [0.1, 0.15) is 17.9 Å². The third-order valence-electron chi connectivity index (χ3n) is 5.52. The number of rotatable bonds is 5. The van der Waals surface area contributed by atoms with Gasteiger partial charge in [0.05, 0.1) is 10.3 Å². The van der Waals surface area contributed by atoms with Crippen LogP contribution in [0, 0.1) is 10.1 Å². The molecule has 3 rings (SSSR count). The second-order valence-corrected chi connectivity index (χ2v) is 7.50. The highest BCUT2D eigenvalue weighted by atomic mass is 16.6. The normalized spacial score (nSPS) is 16.6. The van der Waals surface area contributed by atoms with E-state index in [1.807, 2.05) is 18.2 Å². The van der Waals surface area contributed by atoms with Crippen LogP contribution < -0.4 is 0 Å². The van der Waals surface area contributed by atoms with Gasteiger partial charge >= 0.3 is 11.7 Å². The maximum atomic E-state index is 13.1. The Balaban J connectivity index is 1.78. The van der Waals surface area contributed by atoms with E-state index >= 15 is 0 Å². The first-order valence-corrected chi connectivity index (χ1v) is 8.96. The average Bonchev–Trinajstić information content (AvgIpc) is 3.19. The van der Waals surface area contributed by atoms with Gasteiger partial charge in [-0.2, -0.15) is 5.10 Å². The van der Waals surface area contributed by atoms with Crippen LogP contribution in [0.5, 0.6) is 0 Å². The zero-order valence-electron chi connectivity index (χ0n) is 15.7. The van der Waals surface area contributed by atoms with Crippen LogP contribution in [0.15, 0.2) is 42.7 Å². The van der Waals surface area contributed by atoms with Crippen LogP contribution in [0.3, 0.4) is 0 Å². The minimum Gasteiger partial charge on any atom is -0.481 e. The van der Waals surface area contributed by atoms with Crippen molar-refractivity contribution in [2.75, 3.05) is 13.1 Å². The molecule has 1 saturated heterocycles. The Hall–Kier alpha value is -3.23. The number of benzene rings is 1. The molecule has 0 spiro atoms. The smallest absolute Gasteiger partial charge is 0.314 e. The summed E-state index contributed by atoms with van der Waals surface area (Å²) in [6.07, 6.45) is 2.93.